The summed E-state index contributed by atoms with van der Waals surface area (Å²) in [5.74, 6) is 1.71. The van der Waals surface area contributed by atoms with Gasteiger partial charge in [0.25, 0.3) is 0 Å². The van der Waals surface area contributed by atoms with Crippen LogP contribution in [0.2, 0.25) is 0 Å². The number of hydrogen-bond acceptors (Lipinski definition) is 6. The molecule has 1 aliphatic rings. The van der Waals surface area contributed by atoms with Crippen molar-refractivity contribution in [1.82, 2.24) is 4.90 Å². The predicted octanol–water partition coefficient (Wildman–Crippen LogP) is 1.93. The number of nitrogens with zero attached hydrogens (tertiary/aromatic N) is 2. The lowest BCUT2D eigenvalue weighted by Gasteiger charge is -2.36. The van der Waals surface area contributed by atoms with Crippen molar-refractivity contribution in [2.24, 2.45) is 4.99 Å². The first-order valence-electron chi connectivity index (χ1n) is 6.52. The average Bonchev–Trinajstić information content (AvgIpc) is 2.59. The van der Waals surface area contributed by atoms with E-state index >= 15 is 0 Å². The molecule has 1 atom stereocenters. The Hall–Kier alpha value is -0.140. The van der Waals surface area contributed by atoms with E-state index in [1.54, 1.807) is 0 Å². The number of ether oxygens (including phenoxy) is 1. The van der Waals surface area contributed by atoms with Gasteiger partial charge in [-0.2, -0.15) is 12.6 Å². The molecule has 1 rings (SSSR count). The third-order valence-corrected chi connectivity index (χ3v) is 5.28. The summed E-state index contributed by atoms with van der Waals surface area (Å²) in [6.45, 7) is 9.92. The molecule has 1 fully saturated rings. The molecule has 0 aromatic rings. The number of thiocarbonyl (C=S) groups is 1. The summed E-state index contributed by atoms with van der Waals surface area (Å²) in [6, 6.07) is 0. The highest BCUT2D eigenvalue weighted by atomic mass is 32.2. The topological polar surface area (TPSA) is 47.9 Å². The monoisotopic (exact) mass is 335 g/mol. The highest BCUT2D eigenvalue weighted by Gasteiger charge is 2.40. The van der Waals surface area contributed by atoms with Crippen molar-refractivity contribution in [3.05, 3.63) is 0 Å². The van der Waals surface area contributed by atoms with Crippen molar-refractivity contribution in [2.45, 2.75) is 51.1 Å². The van der Waals surface area contributed by atoms with Crippen LogP contribution in [-0.4, -0.2) is 50.5 Å². The van der Waals surface area contributed by atoms with E-state index in [-0.39, 0.29) is 17.5 Å². The normalized spacial score (nSPS) is 23.0. The number of rotatable bonds is 3. The molecule has 0 amide bonds. The number of thioether (sulfide) groups is 1. The summed E-state index contributed by atoms with van der Waals surface area (Å²) in [4.78, 5) is 6.73. The predicted molar refractivity (Wildman–Crippen MR) is 91.8 cm³/mol. The molecule has 0 aromatic heterocycles. The van der Waals surface area contributed by atoms with Crippen molar-refractivity contribution in [3.8, 4) is 0 Å². The smallest absolute Gasteiger partial charge is 0.146 e. The van der Waals surface area contributed by atoms with E-state index in [1.165, 1.54) is 0 Å². The Morgan fingerprint density at radius 1 is 1.55 bits per heavy atom. The zero-order valence-corrected chi connectivity index (χ0v) is 15.2. The molecule has 4 nitrogen and oxygen atoms in total. The largest absolute Gasteiger partial charge is 0.595 e. The molecule has 7 heteroatoms. The van der Waals surface area contributed by atoms with Crippen LogP contribution < -0.4 is 5.11 Å². The second-order valence-electron chi connectivity index (χ2n) is 6.32. The Balaban J connectivity index is 2.68. The molecule has 1 aliphatic heterocycles. The van der Waals surface area contributed by atoms with Crippen LogP contribution >= 0.6 is 36.6 Å². The summed E-state index contributed by atoms with van der Waals surface area (Å²) in [5.41, 5.74) is -0.558. The van der Waals surface area contributed by atoms with Crippen molar-refractivity contribution < 1.29 is 9.84 Å². The molecule has 0 N–H and O–H groups in total. The van der Waals surface area contributed by atoms with Crippen molar-refractivity contribution >= 4 is 47.7 Å². The Kier molecular flexibility index (Phi) is 6.04. The highest BCUT2D eigenvalue weighted by molar-refractivity contribution is 8.01. The molecule has 0 saturated carbocycles. The van der Waals surface area contributed by atoms with Crippen LogP contribution in [0, 0.1) is 0 Å². The minimum Gasteiger partial charge on any atom is -0.595 e. The van der Waals surface area contributed by atoms with E-state index in [9.17, 15) is 5.11 Å². The van der Waals surface area contributed by atoms with Crippen LogP contribution in [0.1, 0.15) is 34.6 Å². The van der Waals surface area contributed by atoms with Crippen LogP contribution in [0.4, 0.5) is 0 Å². The second-order valence-corrected chi connectivity index (χ2v) is 8.32. The minimum absolute atomic E-state index is 0.0292. The Morgan fingerprint density at radius 3 is 2.65 bits per heavy atom. The van der Waals surface area contributed by atoms with Gasteiger partial charge < -0.3 is 14.7 Å². The fourth-order valence-electron chi connectivity index (χ4n) is 1.97. The van der Waals surface area contributed by atoms with Gasteiger partial charge in [-0.15, -0.1) is 11.8 Å². The third-order valence-electron chi connectivity index (χ3n) is 2.73. The molecule has 20 heavy (non-hydrogen) atoms. The molecule has 0 radical (unpaired) electrons. The lowest BCUT2D eigenvalue weighted by molar-refractivity contribution is -0.260. The average molecular weight is 336 g/mol. The lowest BCUT2D eigenvalue weighted by Crippen LogP contribution is -2.49. The van der Waals surface area contributed by atoms with Gasteiger partial charge in [0.1, 0.15) is 11.1 Å². The zero-order chi connectivity index (χ0) is 15.6. The van der Waals surface area contributed by atoms with E-state index in [1.807, 2.05) is 32.5 Å². The lowest BCUT2D eigenvalue weighted by atomic mass is 10.1. The first-order valence-corrected chi connectivity index (χ1v) is 8.61. The maximum absolute atomic E-state index is 11.6. The van der Waals surface area contributed by atoms with Crippen LogP contribution in [0.5, 0.6) is 0 Å². The number of aliphatic imine (C=N–C) groups is 1. The first kappa shape index (κ1) is 17.9. The summed E-state index contributed by atoms with van der Waals surface area (Å²) in [6.07, 6.45) is -0.563. The molecule has 0 spiro atoms. The van der Waals surface area contributed by atoms with Gasteiger partial charge in [-0.05, 0) is 13.8 Å². The maximum atomic E-state index is 11.6. The molecule has 0 aliphatic carbocycles. The van der Waals surface area contributed by atoms with Gasteiger partial charge >= 0.3 is 0 Å². The Labute approximate surface area is 136 Å². The molecule has 0 bridgehead atoms. The van der Waals surface area contributed by atoms with E-state index in [0.717, 1.165) is 11.5 Å². The number of hydrogen-bond donors (Lipinski definition) is 1. The fourth-order valence-corrected chi connectivity index (χ4v) is 4.36. The van der Waals surface area contributed by atoms with E-state index in [0.29, 0.717) is 4.99 Å². The zero-order valence-electron chi connectivity index (χ0n) is 12.7. The summed E-state index contributed by atoms with van der Waals surface area (Å²) in [7, 11) is 0. The van der Waals surface area contributed by atoms with Gasteiger partial charge in [0.2, 0.25) is 0 Å². The quantitative estimate of drug-likeness (QED) is 0.370. The van der Waals surface area contributed by atoms with Crippen LogP contribution in [0.3, 0.4) is 0 Å². The first-order chi connectivity index (χ1) is 9.07. The highest BCUT2D eigenvalue weighted by Crippen LogP contribution is 2.37. The molecule has 1 unspecified atom stereocenters. The van der Waals surface area contributed by atoms with Crippen molar-refractivity contribution in [1.29, 1.82) is 0 Å². The maximum Gasteiger partial charge on any atom is 0.146 e. The van der Waals surface area contributed by atoms with E-state index < -0.39 is 11.7 Å². The van der Waals surface area contributed by atoms with Gasteiger partial charge in [0, 0.05) is 22.6 Å². The van der Waals surface area contributed by atoms with Gasteiger partial charge in [-0.25, -0.2) is 0 Å². The summed E-state index contributed by atoms with van der Waals surface area (Å²) in [5, 5.41) is 11.8. The molecular weight excluding hydrogens is 312 g/mol. The van der Waals surface area contributed by atoms with Crippen LogP contribution in [0.15, 0.2) is 4.99 Å². The van der Waals surface area contributed by atoms with Gasteiger partial charge in [0.05, 0.1) is 11.9 Å². The fraction of sp³-hybridized carbons (Fsp3) is 0.846. The number of thiol groups is 1. The molecule has 116 valence electrons. The Morgan fingerprint density at radius 2 is 2.15 bits per heavy atom. The van der Waals surface area contributed by atoms with Crippen molar-refractivity contribution in [3.63, 3.8) is 0 Å². The molecule has 1 saturated heterocycles. The van der Waals surface area contributed by atoms with E-state index in [4.69, 9.17) is 17.0 Å². The van der Waals surface area contributed by atoms with E-state index in [2.05, 4.69) is 36.4 Å². The second kappa shape index (κ2) is 6.75. The van der Waals surface area contributed by atoms with Crippen molar-refractivity contribution in [2.75, 3.05) is 18.1 Å². The molecular formula is C13H23N2O2S3-. The summed E-state index contributed by atoms with van der Waals surface area (Å²) < 4.78 is 5.15. The summed E-state index contributed by atoms with van der Waals surface area (Å²) >= 11 is 11.6. The standard InChI is InChI=1S/C13H24N2O2S3/c1-12(2,3)17-11(16)14-6-9(19)15-10(7-18)20-8-13(15,4)5/h10,18H,6-8H2,1-5H3,(H,14,16)/p-1. The van der Waals surface area contributed by atoms with Crippen LogP contribution in [0.25, 0.3) is 0 Å². The van der Waals surface area contributed by atoms with Gasteiger partial charge in [-0.1, -0.05) is 33.0 Å². The molecule has 0 aromatic carbocycles. The SMILES string of the molecule is CC(C)(C)OC([O-])=NCC(=S)N1C(CS)SCC1(C)C. The van der Waals surface area contributed by atoms with Gasteiger partial charge in [0.15, 0.2) is 0 Å². The van der Waals surface area contributed by atoms with Gasteiger partial charge in [-0.3, -0.25) is 4.99 Å². The minimum atomic E-state index is -0.563. The molecule has 1 heterocycles. The van der Waals surface area contributed by atoms with Crippen LogP contribution in [-0.2, 0) is 4.74 Å². The Bertz CT molecular complexity index is 392. The third kappa shape index (κ3) is 5.00.